The molecular weight excluding hydrogens is 308 g/mol. The van der Waals surface area contributed by atoms with Crippen LogP contribution in [0.2, 0.25) is 0 Å². The summed E-state index contributed by atoms with van der Waals surface area (Å²) in [7, 11) is 0. The number of fused-ring (bicyclic) bond motifs is 1. The Kier molecular flexibility index (Phi) is 5.29. The molecule has 23 heavy (non-hydrogen) atoms. The van der Waals surface area contributed by atoms with Crippen LogP contribution in [0.3, 0.4) is 0 Å². The first-order chi connectivity index (χ1) is 11.0. The molecule has 4 atom stereocenters. The van der Waals surface area contributed by atoms with E-state index in [0.717, 1.165) is 32.5 Å². The lowest BCUT2D eigenvalue weighted by Gasteiger charge is -2.35. The van der Waals surface area contributed by atoms with Gasteiger partial charge in [0.05, 0.1) is 12.1 Å². The number of benzene rings is 1. The third-order valence-corrected chi connectivity index (χ3v) is 5.91. The summed E-state index contributed by atoms with van der Waals surface area (Å²) in [5, 5.41) is 13.2. The van der Waals surface area contributed by atoms with E-state index in [1.165, 1.54) is 17.4 Å². The number of likely N-dealkylation sites (tertiary alicyclic amines) is 1. The SMILES string of the molecule is CSc1ccc(CN2C[C@H]3C[C@@H](NC(C)=O)[C@H](O)C[C@H]3C2)cc1. The van der Waals surface area contributed by atoms with Crippen LogP contribution in [0.4, 0.5) is 0 Å². The fourth-order valence-electron chi connectivity index (χ4n) is 4.06. The minimum absolute atomic E-state index is 0.0452. The van der Waals surface area contributed by atoms with Crippen molar-refractivity contribution < 1.29 is 9.90 Å². The molecule has 1 aromatic carbocycles. The molecule has 2 N–H and O–H groups in total. The Hall–Kier alpha value is -1.04. The molecule has 126 valence electrons. The van der Waals surface area contributed by atoms with Gasteiger partial charge >= 0.3 is 0 Å². The molecule has 1 saturated heterocycles. The molecule has 1 aliphatic heterocycles. The van der Waals surface area contributed by atoms with Crippen LogP contribution in [0.5, 0.6) is 0 Å². The van der Waals surface area contributed by atoms with Crippen molar-refractivity contribution in [3.8, 4) is 0 Å². The largest absolute Gasteiger partial charge is 0.391 e. The molecule has 0 unspecified atom stereocenters. The van der Waals surface area contributed by atoms with E-state index in [9.17, 15) is 9.90 Å². The molecule has 0 aromatic heterocycles. The first-order valence-electron chi connectivity index (χ1n) is 8.35. The van der Waals surface area contributed by atoms with Crippen LogP contribution in [0.1, 0.15) is 25.3 Å². The van der Waals surface area contributed by atoms with E-state index in [-0.39, 0.29) is 11.9 Å². The van der Waals surface area contributed by atoms with E-state index in [4.69, 9.17) is 0 Å². The van der Waals surface area contributed by atoms with Gasteiger partial charge in [0.1, 0.15) is 0 Å². The smallest absolute Gasteiger partial charge is 0.217 e. The molecule has 4 nitrogen and oxygen atoms in total. The second-order valence-electron chi connectivity index (χ2n) is 6.91. The normalized spacial score (nSPS) is 30.9. The van der Waals surface area contributed by atoms with Crippen LogP contribution in [-0.2, 0) is 11.3 Å². The predicted octanol–water partition coefficient (Wildman–Crippen LogP) is 2.12. The van der Waals surface area contributed by atoms with Crippen molar-refractivity contribution in [2.75, 3.05) is 19.3 Å². The van der Waals surface area contributed by atoms with E-state index in [1.807, 2.05) is 0 Å². The highest BCUT2D eigenvalue weighted by Gasteiger charge is 2.41. The second kappa shape index (κ2) is 7.24. The summed E-state index contributed by atoms with van der Waals surface area (Å²) < 4.78 is 0. The van der Waals surface area contributed by atoms with Gasteiger partial charge in [-0.1, -0.05) is 12.1 Å². The average Bonchev–Trinajstić information content (AvgIpc) is 2.89. The summed E-state index contributed by atoms with van der Waals surface area (Å²) in [4.78, 5) is 15.1. The highest BCUT2D eigenvalue weighted by atomic mass is 32.2. The summed E-state index contributed by atoms with van der Waals surface area (Å²) in [5.74, 6) is 1.09. The summed E-state index contributed by atoms with van der Waals surface area (Å²) in [5.41, 5.74) is 1.35. The highest BCUT2D eigenvalue weighted by molar-refractivity contribution is 7.98. The number of rotatable bonds is 4. The monoisotopic (exact) mass is 334 g/mol. The van der Waals surface area contributed by atoms with Gasteiger partial charge < -0.3 is 10.4 Å². The minimum Gasteiger partial charge on any atom is -0.391 e. The number of nitrogens with zero attached hydrogens (tertiary/aromatic N) is 1. The van der Waals surface area contributed by atoms with E-state index < -0.39 is 6.10 Å². The zero-order valence-corrected chi connectivity index (χ0v) is 14.7. The predicted molar refractivity (Wildman–Crippen MR) is 93.3 cm³/mol. The van der Waals surface area contributed by atoms with Gasteiger partial charge in [0.25, 0.3) is 0 Å². The van der Waals surface area contributed by atoms with Gasteiger partial charge in [-0.15, -0.1) is 11.8 Å². The molecule has 5 heteroatoms. The zero-order chi connectivity index (χ0) is 16.4. The van der Waals surface area contributed by atoms with Crippen molar-refractivity contribution >= 4 is 17.7 Å². The standard InChI is InChI=1S/C18H26N2O2S/c1-12(21)19-17-7-14-10-20(11-15(14)8-18(17)22)9-13-3-5-16(23-2)6-4-13/h3-6,14-15,17-18,22H,7-11H2,1-2H3,(H,19,21)/t14-,15+,17-,18-/m1/s1. The molecule has 1 heterocycles. The molecule has 0 bridgehead atoms. The third-order valence-electron chi connectivity index (χ3n) is 5.17. The molecule has 0 radical (unpaired) electrons. The third kappa shape index (κ3) is 4.08. The molecule has 0 spiro atoms. The van der Waals surface area contributed by atoms with E-state index in [1.54, 1.807) is 11.8 Å². The molecule has 2 fully saturated rings. The maximum absolute atomic E-state index is 11.3. The maximum Gasteiger partial charge on any atom is 0.217 e. The van der Waals surface area contributed by atoms with Crippen LogP contribution in [0, 0.1) is 11.8 Å². The van der Waals surface area contributed by atoms with Crippen LogP contribution >= 0.6 is 11.8 Å². The summed E-state index contributed by atoms with van der Waals surface area (Å²) in [6.07, 6.45) is 3.39. The molecular formula is C18H26N2O2S. The molecule has 3 rings (SSSR count). The van der Waals surface area contributed by atoms with E-state index in [2.05, 4.69) is 40.7 Å². The number of carbonyl (C=O) groups excluding carboxylic acids is 1. The number of thioether (sulfide) groups is 1. The Morgan fingerprint density at radius 1 is 1.26 bits per heavy atom. The number of hydrogen-bond acceptors (Lipinski definition) is 4. The van der Waals surface area contributed by atoms with Gasteiger partial charge in [-0.05, 0) is 48.6 Å². The van der Waals surface area contributed by atoms with Gasteiger partial charge in [0.2, 0.25) is 5.91 Å². The van der Waals surface area contributed by atoms with Gasteiger partial charge in [-0.25, -0.2) is 0 Å². The Morgan fingerprint density at radius 2 is 1.91 bits per heavy atom. The lowest BCUT2D eigenvalue weighted by Crippen LogP contribution is -2.48. The number of amides is 1. The molecule has 2 aliphatic rings. The van der Waals surface area contributed by atoms with Crippen molar-refractivity contribution in [2.24, 2.45) is 11.8 Å². The maximum atomic E-state index is 11.3. The lowest BCUT2D eigenvalue weighted by molar-refractivity contribution is -0.121. The number of aliphatic hydroxyl groups is 1. The topological polar surface area (TPSA) is 52.6 Å². The van der Waals surface area contributed by atoms with Gasteiger partial charge in [-0.2, -0.15) is 0 Å². The Labute approximate surface area is 142 Å². The fourth-order valence-corrected chi connectivity index (χ4v) is 4.47. The Balaban J connectivity index is 1.58. The summed E-state index contributed by atoms with van der Waals surface area (Å²) in [6, 6.07) is 8.71. The average molecular weight is 334 g/mol. The summed E-state index contributed by atoms with van der Waals surface area (Å²) >= 11 is 1.77. The molecule has 1 aromatic rings. The number of aliphatic hydroxyl groups excluding tert-OH is 1. The number of hydrogen-bond donors (Lipinski definition) is 2. The van der Waals surface area contributed by atoms with E-state index in [0.29, 0.717) is 11.8 Å². The van der Waals surface area contributed by atoms with Gasteiger partial charge in [0, 0.05) is 31.5 Å². The van der Waals surface area contributed by atoms with Crippen LogP contribution in [0.15, 0.2) is 29.2 Å². The van der Waals surface area contributed by atoms with Crippen molar-refractivity contribution in [2.45, 2.75) is 43.4 Å². The fraction of sp³-hybridized carbons (Fsp3) is 0.611. The van der Waals surface area contributed by atoms with Gasteiger partial charge in [0.15, 0.2) is 0 Å². The van der Waals surface area contributed by atoms with Crippen molar-refractivity contribution in [3.63, 3.8) is 0 Å². The quantitative estimate of drug-likeness (QED) is 0.828. The Morgan fingerprint density at radius 3 is 2.52 bits per heavy atom. The van der Waals surface area contributed by atoms with E-state index >= 15 is 0 Å². The molecule has 1 saturated carbocycles. The highest BCUT2D eigenvalue weighted by Crippen LogP contribution is 2.37. The molecule has 1 amide bonds. The first-order valence-corrected chi connectivity index (χ1v) is 9.58. The Bertz CT molecular complexity index is 548. The minimum atomic E-state index is -0.402. The lowest BCUT2D eigenvalue weighted by atomic mass is 9.77. The van der Waals surface area contributed by atoms with Crippen molar-refractivity contribution in [1.82, 2.24) is 10.2 Å². The van der Waals surface area contributed by atoms with Crippen molar-refractivity contribution in [1.29, 1.82) is 0 Å². The van der Waals surface area contributed by atoms with Crippen molar-refractivity contribution in [3.05, 3.63) is 29.8 Å². The number of carbonyl (C=O) groups is 1. The second-order valence-corrected chi connectivity index (χ2v) is 7.79. The zero-order valence-electron chi connectivity index (χ0n) is 13.9. The van der Waals surface area contributed by atoms with Crippen LogP contribution in [0.25, 0.3) is 0 Å². The summed E-state index contributed by atoms with van der Waals surface area (Å²) in [6.45, 7) is 4.62. The number of nitrogens with one attached hydrogen (secondary N) is 1. The van der Waals surface area contributed by atoms with Crippen LogP contribution < -0.4 is 5.32 Å². The first kappa shape index (κ1) is 16.8. The van der Waals surface area contributed by atoms with Gasteiger partial charge in [-0.3, -0.25) is 9.69 Å². The molecule has 1 aliphatic carbocycles. The van der Waals surface area contributed by atoms with Crippen LogP contribution in [-0.4, -0.2) is 47.4 Å².